The molecule has 3 fully saturated rings. The maximum atomic E-state index is 15.9. The number of nitrogens with one attached hydrogen (secondary N) is 5. The Balaban J connectivity index is 0.00000714. The largest absolute Gasteiger partial charge is 1.00 e. The van der Waals surface area contributed by atoms with E-state index in [9.17, 15) is 48.6 Å². The smallest absolute Gasteiger partial charge is 0.408 e. The van der Waals surface area contributed by atoms with Crippen molar-refractivity contribution in [2.45, 2.75) is 159 Å². The lowest BCUT2D eigenvalue weighted by atomic mass is 9.44. The van der Waals surface area contributed by atoms with Crippen molar-refractivity contribution < 1.29 is 123 Å². The maximum absolute atomic E-state index is 15.9. The zero-order chi connectivity index (χ0) is 67.6. The van der Waals surface area contributed by atoms with Gasteiger partial charge in [-0.2, -0.15) is 0 Å². The molecular formula is C68H85Cl2N7O18. The summed E-state index contributed by atoms with van der Waals surface area (Å²) in [5.74, 6) is -9.16. The summed E-state index contributed by atoms with van der Waals surface area (Å²) in [5.41, 5.74) is 0.362. The van der Waals surface area contributed by atoms with E-state index in [1.807, 2.05) is 6.07 Å². The number of halogens is 2. The molecule has 5 amide bonds. The molecule has 2 saturated carbocycles. The molecular weight excluding hydrogens is 1270 g/mol. The number of ether oxygens (including phenoxy) is 6. The molecule has 14 atom stereocenters. The van der Waals surface area contributed by atoms with E-state index in [0.29, 0.717) is 19.4 Å². The molecule has 1 heterocycles. The van der Waals surface area contributed by atoms with E-state index in [1.54, 1.807) is 97.9 Å². The third-order valence-corrected chi connectivity index (χ3v) is 18.4. The number of aliphatic hydroxyl groups is 2. The summed E-state index contributed by atoms with van der Waals surface area (Å²) in [6.07, 6.45) is -11.2. The maximum Gasteiger partial charge on any atom is 0.408 e. The van der Waals surface area contributed by atoms with E-state index in [0.717, 1.165) is 19.4 Å². The van der Waals surface area contributed by atoms with Gasteiger partial charge in [0.15, 0.2) is 23.5 Å². The van der Waals surface area contributed by atoms with E-state index in [2.05, 4.69) is 38.1 Å². The molecule has 3 aliphatic carbocycles. The highest BCUT2D eigenvalue weighted by Crippen LogP contribution is 2.64. The molecule has 4 aromatic carbocycles. The van der Waals surface area contributed by atoms with E-state index < -0.39 is 155 Å². The number of carbonyl (C=O) groups excluding carboxylic acids is 10. The lowest BCUT2D eigenvalue weighted by Gasteiger charge is -2.67. The van der Waals surface area contributed by atoms with Crippen LogP contribution in [0.15, 0.2) is 132 Å². The van der Waals surface area contributed by atoms with Crippen LogP contribution >= 0.6 is 0 Å². The minimum Gasteiger partial charge on any atom is -1.00 e. The molecule has 13 N–H and O–H groups in total. The molecule has 8 rings (SSSR count). The van der Waals surface area contributed by atoms with Crippen LogP contribution in [0.25, 0.3) is 0 Å². The predicted octanol–water partition coefficient (Wildman–Crippen LogP) is -4.15. The number of amides is 5. The zero-order valence-electron chi connectivity index (χ0n) is 54.1. The van der Waals surface area contributed by atoms with Gasteiger partial charge in [-0.1, -0.05) is 111 Å². The number of esters is 4. The van der Waals surface area contributed by atoms with E-state index >= 15 is 9.59 Å². The Morgan fingerprint density at radius 3 is 1.86 bits per heavy atom. The number of hydrogen-bond acceptors (Lipinski definition) is 18. The lowest BCUT2D eigenvalue weighted by molar-refractivity contribution is -0.398. The Morgan fingerprint density at radius 1 is 0.716 bits per heavy atom. The van der Waals surface area contributed by atoms with Gasteiger partial charge >= 0.3 is 30.0 Å². The van der Waals surface area contributed by atoms with Crippen molar-refractivity contribution in [3.63, 3.8) is 0 Å². The highest BCUT2D eigenvalue weighted by molar-refractivity contribution is 5.97. The third kappa shape index (κ3) is 16.5. The van der Waals surface area contributed by atoms with Crippen LogP contribution in [0.3, 0.4) is 0 Å². The molecule has 4 aliphatic rings. The number of unbranched alkanes of at least 4 members (excludes halogenated alkanes) is 1. The van der Waals surface area contributed by atoms with Gasteiger partial charge in [0.2, 0.25) is 17.9 Å². The highest BCUT2D eigenvalue weighted by atomic mass is 35.5. The second kappa shape index (κ2) is 32.4. The van der Waals surface area contributed by atoms with Gasteiger partial charge in [-0.3, -0.25) is 33.6 Å². The normalized spacial score (nSPS) is 25.3. The predicted molar refractivity (Wildman–Crippen MR) is 331 cm³/mol. The molecule has 1 aliphatic heterocycles. The Bertz CT molecular complexity index is 3440. The van der Waals surface area contributed by atoms with Crippen molar-refractivity contribution in [1.29, 1.82) is 0 Å². The summed E-state index contributed by atoms with van der Waals surface area (Å²) in [6, 6.07) is 28.3. The van der Waals surface area contributed by atoms with Gasteiger partial charge in [0.25, 0.3) is 11.8 Å². The van der Waals surface area contributed by atoms with Crippen molar-refractivity contribution in [1.82, 2.24) is 26.6 Å². The number of ketones is 1. The average Bonchev–Trinajstić information content (AvgIpc) is 0.670. The number of rotatable bonds is 25. The topological polar surface area (TPSA) is 382 Å². The number of alkyl carbamates (subject to hydrolysis) is 1. The first-order valence-corrected chi connectivity index (χ1v) is 31.2. The fraction of sp³-hybridized carbons (Fsp3) is 0.471. The van der Waals surface area contributed by atoms with Crippen LogP contribution in [0.1, 0.15) is 118 Å². The number of Topliss-reactive ketones (excluding diaryl/α,β-unsaturated/α-hetero) is 1. The summed E-state index contributed by atoms with van der Waals surface area (Å²) in [6.45, 7) is 9.24. The Kier molecular flexibility index (Phi) is 25.8. The first kappa shape index (κ1) is 75.7. The number of hydrogen-bond donors (Lipinski definition) is 9. The fourth-order valence-corrected chi connectivity index (χ4v) is 13.4. The summed E-state index contributed by atoms with van der Waals surface area (Å²) >= 11 is 0. The summed E-state index contributed by atoms with van der Waals surface area (Å²) in [4.78, 5) is 142. The number of fused-ring (bicyclic) bond motifs is 5. The minimum absolute atomic E-state index is 0. The zero-order valence-corrected chi connectivity index (χ0v) is 55.6. The molecule has 1 saturated heterocycles. The van der Waals surface area contributed by atoms with Gasteiger partial charge in [-0.25, -0.2) is 14.4 Å². The van der Waals surface area contributed by atoms with Crippen LogP contribution in [0.5, 0.6) is 0 Å². The molecule has 514 valence electrons. The Labute approximate surface area is 563 Å². The average molecular weight is 1360 g/mol. The van der Waals surface area contributed by atoms with E-state index in [4.69, 9.17) is 28.4 Å². The first-order valence-electron chi connectivity index (χ1n) is 31.2. The molecule has 0 radical (unpaired) electrons. The monoisotopic (exact) mass is 1360 g/mol. The van der Waals surface area contributed by atoms with Crippen molar-refractivity contribution in [2.75, 3.05) is 26.2 Å². The van der Waals surface area contributed by atoms with Gasteiger partial charge in [-0.05, 0) is 86.6 Å². The summed E-state index contributed by atoms with van der Waals surface area (Å²) in [5, 5.41) is 40.1. The van der Waals surface area contributed by atoms with E-state index in [1.165, 1.54) is 52.0 Å². The number of carbonyl (C=O) groups is 10. The molecule has 0 unspecified atom stereocenters. The minimum atomic E-state index is -2.55. The van der Waals surface area contributed by atoms with Crippen LogP contribution in [-0.4, -0.2) is 162 Å². The van der Waals surface area contributed by atoms with E-state index in [-0.39, 0.29) is 91.6 Å². The standard InChI is InChI=1S/C68H83N7O18.2ClH/c1-38-48(36-68(87)57(92-62(84)45-28-18-11-19-29-45)55-66(7,49(78)35-50-67(55,37-88-50)93-41(4)77)56(79)53(89-40(3)76)51(38)65(68,5)6)90-63(85)54(52(43-24-14-9-15-25-43)75-59(81)44-26-16-10-17-27-44)91-64(86)72-33-32-71-60(82)46(30-20-21-31-69)73-61(83)47(74-58(80)39(2)70)34-42-22-12-8-13-23-42;;/h8-19,22-29,39,46-50,52-55,57,78,87H,20-21,30-37,69-70H2,1-7H3,(H,71,82)(H,72,86)(H,73,83)(H,74,80)(H,75,81);2*1H/t39-,46+,47+,48+,49+,50-,52+,53-,54-,55+,57+,66-,67+,68-;;/m1../s1. The van der Waals surface area contributed by atoms with Crippen molar-refractivity contribution in [3.05, 3.63) is 155 Å². The Morgan fingerprint density at radius 2 is 1.29 bits per heavy atom. The van der Waals surface area contributed by atoms with Crippen LogP contribution in [0, 0.1) is 16.7 Å². The lowest BCUT2D eigenvalue weighted by Crippen LogP contribution is -3.00. The van der Waals surface area contributed by atoms with Gasteiger partial charge < -0.3 is 101 Å². The molecule has 4 aromatic rings. The quantitative estimate of drug-likeness (QED) is 0.0132. The van der Waals surface area contributed by atoms with Gasteiger partial charge in [0, 0.05) is 57.2 Å². The van der Waals surface area contributed by atoms with Gasteiger partial charge in [0.05, 0.1) is 36.2 Å². The highest BCUT2D eigenvalue weighted by Gasteiger charge is 2.78. The van der Waals surface area contributed by atoms with Gasteiger partial charge in [-0.15, -0.1) is 0 Å². The summed E-state index contributed by atoms with van der Waals surface area (Å²) in [7, 11) is 0. The van der Waals surface area contributed by atoms with Gasteiger partial charge in [0.1, 0.15) is 42.0 Å². The molecule has 0 spiro atoms. The molecule has 27 heteroatoms. The molecule has 95 heavy (non-hydrogen) atoms. The second-order valence-corrected chi connectivity index (χ2v) is 25.0. The molecule has 25 nitrogen and oxygen atoms in total. The first-order chi connectivity index (χ1) is 44.2. The van der Waals surface area contributed by atoms with Crippen LogP contribution in [-0.2, 0) is 68.4 Å². The third-order valence-electron chi connectivity index (χ3n) is 18.4. The number of benzene rings is 4. The van der Waals surface area contributed by atoms with Crippen LogP contribution in [0.4, 0.5) is 4.79 Å². The van der Waals surface area contributed by atoms with Crippen molar-refractivity contribution in [3.8, 4) is 0 Å². The fourth-order valence-electron chi connectivity index (χ4n) is 13.4. The number of aliphatic hydroxyl groups excluding tert-OH is 1. The molecule has 0 aromatic heterocycles. The summed E-state index contributed by atoms with van der Waals surface area (Å²) < 4.78 is 37.1. The van der Waals surface area contributed by atoms with Crippen molar-refractivity contribution in [2.24, 2.45) is 16.7 Å². The second-order valence-electron chi connectivity index (χ2n) is 25.0. The van der Waals surface area contributed by atoms with Crippen LogP contribution < -0.4 is 62.9 Å². The Hall–Kier alpha value is -8.30. The number of quaternary nitrogens is 2. The van der Waals surface area contributed by atoms with Crippen molar-refractivity contribution >= 4 is 59.4 Å². The SMILES string of the molecule is CC(=O)O[C@H]1C(=O)[C@@]2(C)[C@H]([C@H](OC(=O)c3ccccc3)[C@]3(O)C[C@H](OC(=O)[C@H](OC(=O)NCCNC(=O)[C@H](CCCC[NH3+])NC(=O)[C@H](Cc4ccccc4)NC(=O)[C@@H](C)[NH3+])[C@@H](NC(=O)c4ccccc4)c4ccccc4)C(C)=C1C3(C)C)[C@]1(OC(C)=O)CO[C@@H]1C[C@@H]2O.[Cl-].[Cl-]. The molecule has 2 bridgehead atoms. The van der Waals surface area contributed by atoms with Crippen LogP contribution in [0.2, 0.25) is 0 Å².